The van der Waals surface area contributed by atoms with Gasteiger partial charge in [-0.25, -0.2) is 14.0 Å². The number of rotatable bonds is 11. The maximum absolute atomic E-state index is 15.6. The molecule has 1 N–H and O–H groups in total. The molecule has 4 rings (SSSR count). The minimum absolute atomic E-state index is 0.0220. The fourth-order valence-electron chi connectivity index (χ4n) is 5.27. The van der Waals surface area contributed by atoms with E-state index in [1.54, 1.807) is 26.0 Å². The van der Waals surface area contributed by atoms with Crippen molar-refractivity contribution in [3.05, 3.63) is 46.3 Å². The van der Waals surface area contributed by atoms with Crippen LogP contribution in [0.3, 0.4) is 0 Å². The Bertz CT molecular complexity index is 1550. The van der Waals surface area contributed by atoms with Crippen molar-refractivity contribution in [3.8, 4) is 17.2 Å². The minimum Gasteiger partial charge on any atom is -0.490 e. The van der Waals surface area contributed by atoms with Gasteiger partial charge in [-0.05, 0) is 43.0 Å². The summed E-state index contributed by atoms with van der Waals surface area (Å²) in [7, 11) is 0. The molecule has 0 unspecified atom stereocenters. The second-order valence-electron chi connectivity index (χ2n) is 11.8. The van der Waals surface area contributed by atoms with Crippen LogP contribution < -0.4 is 19.1 Å². The summed E-state index contributed by atoms with van der Waals surface area (Å²) in [5.74, 6) is -5.30. The molecule has 256 valence electrons. The molecule has 1 fully saturated rings. The largest absolute Gasteiger partial charge is 0.491 e. The van der Waals surface area contributed by atoms with Gasteiger partial charge < -0.3 is 33.5 Å². The fourth-order valence-corrected chi connectivity index (χ4v) is 5.27. The number of hydrogen-bond donors (Lipinski definition) is 1. The van der Waals surface area contributed by atoms with E-state index < -0.39 is 41.7 Å². The molecule has 0 bridgehead atoms. The zero-order valence-electron chi connectivity index (χ0n) is 26.8. The molecule has 11 nitrogen and oxygen atoms in total. The van der Waals surface area contributed by atoms with Gasteiger partial charge in [-0.3, -0.25) is 10.2 Å². The molecule has 0 spiro atoms. The van der Waals surface area contributed by atoms with E-state index in [1.807, 2.05) is 25.7 Å². The van der Waals surface area contributed by atoms with Gasteiger partial charge in [0.1, 0.15) is 11.6 Å². The predicted molar refractivity (Wildman–Crippen MR) is 161 cm³/mol. The number of fused-ring (bicyclic) bond motifs is 1. The molecule has 2 heterocycles. The van der Waals surface area contributed by atoms with E-state index in [0.29, 0.717) is 43.1 Å². The van der Waals surface area contributed by atoms with E-state index in [-0.39, 0.29) is 60.5 Å². The Hall–Kier alpha value is -4.40. The Morgan fingerprint density at radius 1 is 0.957 bits per heavy atom. The lowest BCUT2D eigenvalue weighted by Gasteiger charge is -2.33. The van der Waals surface area contributed by atoms with Crippen LogP contribution in [0.1, 0.15) is 61.7 Å². The summed E-state index contributed by atoms with van der Waals surface area (Å²) in [6, 6.07) is 4.71. The summed E-state index contributed by atoms with van der Waals surface area (Å²) < 4.78 is 79.5. The van der Waals surface area contributed by atoms with Crippen molar-refractivity contribution in [3.63, 3.8) is 0 Å². The van der Waals surface area contributed by atoms with E-state index in [0.717, 1.165) is 0 Å². The Morgan fingerprint density at radius 2 is 1.62 bits per heavy atom. The number of hydrogen-bond acceptors (Lipinski definition) is 10. The summed E-state index contributed by atoms with van der Waals surface area (Å²) in [6.45, 7) is 9.59. The van der Waals surface area contributed by atoms with Gasteiger partial charge in [0.2, 0.25) is 0 Å². The van der Waals surface area contributed by atoms with Gasteiger partial charge in [0.05, 0.1) is 44.2 Å². The highest BCUT2D eigenvalue weighted by molar-refractivity contribution is 6.06. The number of carbonyl (C=O) groups excluding carboxylic acids is 3. The van der Waals surface area contributed by atoms with Crippen molar-refractivity contribution in [1.82, 2.24) is 4.90 Å². The standard InChI is InChI=1S/C32H37F4N3O8/c1-6-44-23-14-19-15-39(29(37)25(19)26(33)28(23)45-7-2)16-22(40)18-12-20(31(3,4)5)27(21(13-18)38-8-10-43-11-9-38)46-17-24(41)47-30(42)32(34,35)36/h12-14,37H,6-11,15-17H2,1-5H3. The number of benzene rings is 2. The molecule has 2 aliphatic heterocycles. The number of carbonyl (C=O) groups is 3. The molecule has 0 amide bonds. The third kappa shape index (κ3) is 7.95. The Balaban J connectivity index is 1.66. The van der Waals surface area contributed by atoms with Gasteiger partial charge in [-0.2, -0.15) is 13.2 Å². The van der Waals surface area contributed by atoms with Crippen molar-refractivity contribution in [2.24, 2.45) is 0 Å². The van der Waals surface area contributed by atoms with E-state index in [4.69, 9.17) is 24.4 Å². The molecule has 0 radical (unpaired) electrons. The molecule has 0 atom stereocenters. The van der Waals surface area contributed by atoms with Gasteiger partial charge in [-0.1, -0.05) is 20.8 Å². The molecular weight excluding hydrogens is 630 g/mol. The lowest BCUT2D eigenvalue weighted by molar-refractivity contribution is -0.202. The highest BCUT2D eigenvalue weighted by Crippen LogP contribution is 2.42. The molecule has 15 heteroatoms. The number of ketones is 1. The topological polar surface area (TPSA) is 128 Å². The third-order valence-corrected chi connectivity index (χ3v) is 7.43. The first-order chi connectivity index (χ1) is 22.1. The molecule has 1 saturated heterocycles. The summed E-state index contributed by atoms with van der Waals surface area (Å²) >= 11 is 0. The highest BCUT2D eigenvalue weighted by Gasteiger charge is 2.42. The molecular formula is C32H37F4N3O8. The number of morpholine rings is 1. The SMILES string of the molecule is CCOc1cc2c(c(F)c1OCC)C(=N)N(CC(=O)c1cc(N3CCOCC3)c(OCC(=O)OC(=O)C(F)(F)F)c(C(C)(C)C)c1)C2. The number of nitrogens with one attached hydrogen (secondary N) is 1. The first kappa shape index (κ1) is 35.5. The van der Waals surface area contributed by atoms with Crippen LogP contribution in [0.5, 0.6) is 17.2 Å². The Labute approximate surface area is 269 Å². The van der Waals surface area contributed by atoms with Crippen molar-refractivity contribution >= 4 is 29.2 Å². The Kier molecular flexibility index (Phi) is 10.7. The number of amidine groups is 1. The molecule has 2 aromatic rings. The first-order valence-corrected chi connectivity index (χ1v) is 15.0. The van der Waals surface area contributed by atoms with Gasteiger partial charge in [0.15, 0.2) is 29.7 Å². The highest BCUT2D eigenvalue weighted by atomic mass is 19.4. The second-order valence-corrected chi connectivity index (χ2v) is 11.8. The van der Waals surface area contributed by atoms with Gasteiger partial charge in [0.25, 0.3) is 0 Å². The quantitative estimate of drug-likeness (QED) is 0.155. The minimum atomic E-state index is -5.36. The molecule has 2 aromatic carbocycles. The van der Waals surface area contributed by atoms with E-state index in [1.165, 1.54) is 11.0 Å². The number of alkyl halides is 3. The molecule has 2 aliphatic rings. The lowest BCUT2D eigenvalue weighted by Crippen LogP contribution is -2.37. The van der Waals surface area contributed by atoms with E-state index in [9.17, 15) is 27.6 Å². The van der Waals surface area contributed by atoms with Crippen molar-refractivity contribution < 1.29 is 55.6 Å². The fraction of sp³-hybridized carbons (Fsp3) is 0.500. The second kappa shape index (κ2) is 14.2. The van der Waals surface area contributed by atoms with Gasteiger partial charge >= 0.3 is 18.1 Å². The van der Waals surface area contributed by atoms with Crippen LogP contribution in [0.25, 0.3) is 0 Å². The predicted octanol–water partition coefficient (Wildman–Crippen LogP) is 4.79. The van der Waals surface area contributed by atoms with Crippen LogP contribution in [0.15, 0.2) is 18.2 Å². The zero-order valence-corrected chi connectivity index (χ0v) is 26.8. The van der Waals surface area contributed by atoms with E-state index >= 15 is 4.39 Å². The summed E-state index contributed by atoms with van der Waals surface area (Å²) in [4.78, 5) is 40.4. The van der Waals surface area contributed by atoms with Crippen molar-refractivity contribution in [1.29, 1.82) is 5.41 Å². The number of ether oxygens (including phenoxy) is 5. The van der Waals surface area contributed by atoms with Gasteiger partial charge in [0, 0.05) is 30.8 Å². The van der Waals surface area contributed by atoms with Gasteiger partial charge in [-0.15, -0.1) is 0 Å². The first-order valence-electron chi connectivity index (χ1n) is 15.0. The summed E-state index contributed by atoms with van der Waals surface area (Å²) in [5.41, 5.74) is 0.849. The van der Waals surface area contributed by atoms with E-state index in [2.05, 4.69) is 4.74 Å². The number of Topliss-reactive ketones (excluding diaryl/α,β-unsaturated/α-hetero) is 1. The smallest absolute Gasteiger partial charge is 0.490 e. The summed E-state index contributed by atoms with van der Waals surface area (Å²) in [5, 5.41) is 8.70. The summed E-state index contributed by atoms with van der Waals surface area (Å²) in [6.07, 6.45) is -5.36. The van der Waals surface area contributed by atoms with Crippen molar-refractivity contribution in [2.75, 3.05) is 57.6 Å². The average molecular weight is 668 g/mol. The molecule has 0 saturated carbocycles. The zero-order chi connectivity index (χ0) is 34.7. The van der Waals surface area contributed by atoms with Crippen LogP contribution in [0.2, 0.25) is 0 Å². The molecule has 0 aliphatic carbocycles. The molecule has 47 heavy (non-hydrogen) atoms. The maximum Gasteiger partial charge on any atom is 0.491 e. The lowest BCUT2D eigenvalue weighted by atomic mass is 9.84. The number of halogens is 4. The number of nitrogens with zero attached hydrogens (tertiary/aromatic N) is 2. The third-order valence-electron chi connectivity index (χ3n) is 7.43. The van der Waals surface area contributed by atoms with Crippen molar-refractivity contribution in [2.45, 2.75) is 52.8 Å². The van der Waals surface area contributed by atoms with Crippen LogP contribution in [0.4, 0.5) is 23.2 Å². The number of esters is 2. The molecule has 0 aromatic heterocycles. The maximum atomic E-state index is 15.6. The average Bonchev–Trinajstić information content (AvgIpc) is 3.31. The van der Waals surface area contributed by atoms with Crippen LogP contribution in [-0.4, -0.2) is 87.3 Å². The van der Waals surface area contributed by atoms with Crippen LogP contribution in [0, 0.1) is 11.2 Å². The monoisotopic (exact) mass is 667 g/mol. The van der Waals surface area contributed by atoms with Crippen LogP contribution in [-0.2, 0) is 31.0 Å². The van der Waals surface area contributed by atoms with Crippen LogP contribution >= 0.6 is 0 Å². The normalized spacial score (nSPS) is 15.0. The number of anilines is 1. The Morgan fingerprint density at radius 3 is 2.21 bits per heavy atom.